The second kappa shape index (κ2) is 6.17. The van der Waals surface area contributed by atoms with Crippen molar-refractivity contribution < 1.29 is 19.0 Å². The van der Waals surface area contributed by atoms with Crippen LogP contribution in [-0.4, -0.2) is 45.8 Å². The van der Waals surface area contributed by atoms with Crippen LogP contribution in [0.15, 0.2) is 23.2 Å². The summed E-state index contributed by atoms with van der Waals surface area (Å²) in [6, 6.07) is 4.40. The SMILES string of the molecule is CC(C)(C)N(C(=O)O)C1=N[C@@]2(c3cc(N)ccc3F)COC[C@H]2CS1. The average molecular weight is 367 g/mol. The molecule has 3 rings (SSSR count). The molecular formula is C17H22FN3O3S. The van der Waals surface area contributed by atoms with Crippen LogP contribution in [0.2, 0.25) is 0 Å². The number of hydrogen-bond donors (Lipinski definition) is 2. The first-order valence-electron chi connectivity index (χ1n) is 8.04. The Bertz CT molecular complexity index is 734. The zero-order valence-corrected chi connectivity index (χ0v) is 15.3. The maximum Gasteiger partial charge on any atom is 0.413 e. The largest absolute Gasteiger partial charge is 0.465 e. The Morgan fingerprint density at radius 1 is 1.52 bits per heavy atom. The Kier molecular flexibility index (Phi) is 4.45. The van der Waals surface area contributed by atoms with Crippen LogP contribution in [0.4, 0.5) is 14.9 Å². The predicted molar refractivity (Wildman–Crippen MR) is 96.3 cm³/mol. The van der Waals surface area contributed by atoms with Crippen molar-refractivity contribution in [2.24, 2.45) is 10.9 Å². The van der Waals surface area contributed by atoms with Crippen LogP contribution in [-0.2, 0) is 10.3 Å². The van der Waals surface area contributed by atoms with Gasteiger partial charge < -0.3 is 15.6 Å². The van der Waals surface area contributed by atoms with Crippen molar-refractivity contribution in [2.75, 3.05) is 24.7 Å². The molecule has 0 saturated carbocycles. The van der Waals surface area contributed by atoms with Gasteiger partial charge in [-0.1, -0.05) is 11.8 Å². The third-order valence-electron chi connectivity index (χ3n) is 4.54. The van der Waals surface area contributed by atoms with Crippen LogP contribution in [0.1, 0.15) is 26.3 Å². The molecule has 2 atom stereocenters. The Hall–Kier alpha value is -1.80. The van der Waals surface area contributed by atoms with E-state index >= 15 is 0 Å². The van der Waals surface area contributed by atoms with Crippen molar-refractivity contribution in [2.45, 2.75) is 31.8 Å². The van der Waals surface area contributed by atoms with Gasteiger partial charge in [-0.05, 0) is 39.0 Å². The molecule has 0 bridgehead atoms. The highest BCUT2D eigenvalue weighted by molar-refractivity contribution is 8.13. The number of nitrogen functional groups attached to an aromatic ring is 1. The van der Waals surface area contributed by atoms with Crippen LogP contribution in [0, 0.1) is 11.7 Å². The van der Waals surface area contributed by atoms with Gasteiger partial charge in [0.2, 0.25) is 0 Å². The predicted octanol–water partition coefficient (Wildman–Crippen LogP) is 3.13. The number of ether oxygens (including phenoxy) is 1. The van der Waals surface area contributed by atoms with Crippen LogP contribution >= 0.6 is 11.8 Å². The maximum absolute atomic E-state index is 14.6. The fourth-order valence-corrected chi connectivity index (χ4v) is 4.73. The Balaban J connectivity index is 2.15. The number of nitrogens with two attached hydrogens (primary N) is 1. The Labute approximate surface area is 150 Å². The fourth-order valence-electron chi connectivity index (χ4n) is 3.30. The zero-order valence-electron chi connectivity index (χ0n) is 14.5. The second-order valence-corrected chi connectivity index (χ2v) is 8.36. The van der Waals surface area contributed by atoms with Gasteiger partial charge in [0.15, 0.2) is 5.17 Å². The number of halogens is 1. The number of amides is 1. The van der Waals surface area contributed by atoms with Crippen LogP contribution in [0.3, 0.4) is 0 Å². The molecular weight excluding hydrogens is 345 g/mol. The highest BCUT2D eigenvalue weighted by atomic mass is 32.2. The van der Waals surface area contributed by atoms with E-state index in [1.807, 2.05) is 0 Å². The lowest BCUT2D eigenvalue weighted by atomic mass is 9.81. The van der Waals surface area contributed by atoms with Gasteiger partial charge in [-0.15, -0.1) is 0 Å². The van der Waals surface area contributed by atoms with Crippen molar-refractivity contribution in [1.82, 2.24) is 4.90 Å². The van der Waals surface area contributed by atoms with Crippen molar-refractivity contribution in [3.05, 3.63) is 29.6 Å². The number of aliphatic imine (C=N–C) groups is 1. The molecule has 0 unspecified atom stereocenters. The van der Waals surface area contributed by atoms with Gasteiger partial charge in [-0.3, -0.25) is 4.90 Å². The van der Waals surface area contributed by atoms with Gasteiger partial charge in [0, 0.05) is 28.5 Å². The first-order valence-corrected chi connectivity index (χ1v) is 9.03. The molecule has 0 spiro atoms. The minimum absolute atomic E-state index is 0.0341. The Morgan fingerprint density at radius 2 is 2.24 bits per heavy atom. The van der Waals surface area contributed by atoms with Gasteiger partial charge in [0.05, 0.1) is 13.2 Å². The lowest BCUT2D eigenvalue weighted by molar-refractivity contribution is 0.140. The average Bonchev–Trinajstić information content (AvgIpc) is 2.92. The molecule has 1 fully saturated rings. The summed E-state index contributed by atoms with van der Waals surface area (Å²) in [6.45, 7) is 6.07. The molecule has 1 amide bonds. The molecule has 2 heterocycles. The highest BCUT2D eigenvalue weighted by Crippen LogP contribution is 2.47. The molecule has 1 saturated heterocycles. The van der Waals surface area contributed by atoms with Crippen molar-refractivity contribution in [1.29, 1.82) is 0 Å². The number of hydrogen-bond acceptors (Lipinski definition) is 5. The summed E-state index contributed by atoms with van der Waals surface area (Å²) in [7, 11) is 0. The molecule has 0 aliphatic carbocycles. The monoisotopic (exact) mass is 367 g/mol. The topological polar surface area (TPSA) is 88.2 Å². The summed E-state index contributed by atoms with van der Waals surface area (Å²) in [4.78, 5) is 17.8. The van der Waals surface area contributed by atoms with E-state index < -0.39 is 23.0 Å². The smallest absolute Gasteiger partial charge is 0.413 e. The van der Waals surface area contributed by atoms with Gasteiger partial charge in [-0.2, -0.15) is 0 Å². The van der Waals surface area contributed by atoms with Gasteiger partial charge in [-0.25, -0.2) is 14.2 Å². The van der Waals surface area contributed by atoms with E-state index in [4.69, 9.17) is 15.5 Å². The summed E-state index contributed by atoms with van der Waals surface area (Å²) >= 11 is 1.37. The Morgan fingerprint density at radius 3 is 2.88 bits per heavy atom. The third kappa shape index (κ3) is 3.08. The summed E-state index contributed by atoms with van der Waals surface area (Å²) in [5, 5.41) is 10.0. The van der Waals surface area contributed by atoms with Gasteiger partial charge in [0.25, 0.3) is 0 Å². The molecule has 2 aliphatic heterocycles. The number of fused-ring (bicyclic) bond motifs is 1. The summed E-state index contributed by atoms with van der Waals surface area (Å²) < 4.78 is 20.2. The van der Waals surface area contributed by atoms with Crippen LogP contribution in [0.5, 0.6) is 0 Å². The molecule has 25 heavy (non-hydrogen) atoms. The molecule has 3 N–H and O–H groups in total. The number of carbonyl (C=O) groups is 1. The standard InChI is InChI=1S/C17H22FN3O3S/c1-16(2,3)21(15(22)23)14-20-17(9-24-7-10(17)8-25-14)12-6-11(19)4-5-13(12)18/h4-6,10H,7-9,19H2,1-3H3,(H,22,23)/t10-,17-/m0/s1. The summed E-state index contributed by atoms with van der Waals surface area (Å²) in [5.41, 5.74) is 5.06. The normalized spacial score (nSPS) is 26.1. The number of rotatable bonds is 1. The highest BCUT2D eigenvalue weighted by Gasteiger charge is 2.51. The van der Waals surface area contributed by atoms with E-state index in [0.29, 0.717) is 28.8 Å². The van der Waals surface area contributed by atoms with E-state index in [9.17, 15) is 14.3 Å². The van der Waals surface area contributed by atoms with E-state index in [0.717, 1.165) is 0 Å². The quantitative estimate of drug-likeness (QED) is 0.745. The van der Waals surface area contributed by atoms with E-state index in [-0.39, 0.29) is 12.5 Å². The molecule has 6 nitrogen and oxygen atoms in total. The number of amidine groups is 1. The molecule has 0 aromatic heterocycles. The van der Waals surface area contributed by atoms with Crippen molar-refractivity contribution in [3.63, 3.8) is 0 Å². The second-order valence-electron chi connectivity index (χ2n) is 7.37. The molecule has 0 radical (unpaired) electrons. The first kappa shape index (κ1) is 18.0. The number of anilines is 1. The van der Waals surface area contributed by atoms with E-state index in [1.165, 1.54) is 28.8 Å². The van der Waals surface area contributed by atoms with E-state index in [2.05, 4.69) is 0 Å². The van der Waals surface area contributed by atoms with Crippen molar-refractivity contribution in [3.8, 4) is 0 Å². The zero-order chi connectivity index (χ0) is 18.4. The fraction of sp³-hybridized carbons (Fsp3) is 0.529. The minimum atomic E-state index is -1.08. The number of nitrogens with zero attached hydrogens (tertiary/aromatic N) is 2. The maximum atomic E-state index is 14.6. The summed E-state index contributed by atoms with van der Waals surface area (Å²) in [6.07, 6.45) is -1.08. The van der Waals surface area contributed by atoms with Crippen LogP contribution in [0.25, 0.3) is 0 Å². The molecule has 8 heteroatoms. The lowest BCUT2D eigenvalue weighted by Crippen LogP contribution is -2.51. The number of thioether (sulfide) groups is 1. The lowest BCUT2D eigenvalue weighted by Gasteiger charge is -2.40. The minimum Gasteiger partial charge on any atom is -0.465 e. The number of carboxylic acid groups (broad SMARTS) is 1. The molecule has 2 aliphatic rings. The van der Waals surface area contributed by atoms with Gasteiger partial charge >= 0.3 is 6.09 Å². The molecule has 136 valence electrons. The molecule has 1 aromatic rings. The molecule has 1 aromatic carbocycles. The van der Waals surface area contributed by atoms with Gasteiger partial charge in [0.1, 0.15) is 11.4 Å². The number of benzene rings is 1. The van der Waals surface area contributed by atoms with E-state index in [1.54, 1.807) is 26.8 Å². The van der Waals surface area contributed by atoms with Crippen LogP contribution < -0.4 is 5.73 Å². The summed E-state index contributed by atoms with van der Waals surface area (Å²) in [5.74, 6) is 0.165. The third-order valence-corrected chi connectivity index (χ3v) is 5.64. The van der Waals surface area contributed by atoms with Crippen molar-refractivity contribution >= 4 is 28.7 Å². The first-order chi connectivity index (χ1) is 11.6.